The van der Waals surface area contributed by atoms with Crippen molar-refractivity contribution in [2.45, 2.75) is 83.8 Å². The van der Waals surface area contributed by atoms with E-state index in [0.717, 1.165) is 24.0 Å². The maximum absolute atomic E-state index is 2.74. The van der Waals surface area contributed by atoms with E-state index in [1.807, 2.05) is 0 Å². The summed E-state index contributed by atoms with van der Waals surface area (Å²) in [7, 11) is 2.39. The largest absolute Gasteiger partial charge is 0.301 e. The van der Waals surface area contributed by atoms with Crippen molar-refractivity contribution in [2.75, 3.05) is 20.1 Å². The molecule has 112 valence electrons. The van der Waals surface area contributed by atoms with E-state index < -0.39 is 0 Å². The van der Waals surface area contributed by atoms with E-state index in [2.05, 4.69) is 37.6 Å². The maximum atomic E-state index is 2.74. The molecule has 1 saturated carbocycles. The van der Waals surface area contributed by atoms with Crippen molar-refractivity contribution >= 4 is 0 Å². The van der Waals surface area contributed by atoms with E-state index in [9.17, 15) is 0 Å². The molecule has 2 aliphatic rings. The van der Waals surface area contributed by atoms with Gasteiger partial charge in [-0.15, -0.1) is 0 Å². The van der Waals surface area contributed by atoms with Crippen molar-refractivity contribution in [2.24, 2.45) is 5.92 Å². The Hall–Kier alpha value is -0.0800. The SMILES string of the molecule is CCC(C)N1CCC(N(C)C2CCC(C)CC2)CC1. The van der Waals surface area contributed by atoms with Crippen molar-refractivity contribution in [1.29, 1.82) is 0 Å². The first-order chi connectivity index (χ1) is 9.11. The molecule has 1 aliphatic carbocycles. The van der Waals surface area contributed by atoms with Crippen LogP contribution in [0.15, 0.2) is 0 Å². The molecule has 0 aromatic carbocycles. The van der Waals surface area contributed by atoms with E-state index in [1.54, 1.807) is 0 Å². The predicted molar refractivity (Wildman–Crippen MR) is 83.5 cm³/mol. The van der Waals surface area contributed by atoms with Gasteiger partial charge >= 0.3 is 0 Å². The van der Waals surface area contributed by atoms with Gasteiger partial charge in [0.1, 0.15) is 0 Å². The summed E-state index contributed by atoms with van der Waals surface area (Å²) >= 11 is 0. The lowest BCUT2D eigenvalue weighted by atomic mass is 9.85. The average Bonchev–Trinajstić information content (AvgIpc) is 2.46. The molecule has 2 fully saturated rings. The van der Waals surface area contributed by atoms with Crippen LogP contribution in [0.5, 0.6) is 0 Å². The molecule has 0 radical (unpaired) electrons. The molecule has 2 nitrogen and oxygen atoms in total. The van der Waals surface area contributed by atoms with Gasteiger partial charge in [-0.2, -0.15) is 0 Å². The monoisotopic (exact) mass is 266 g/mol. The lowest BCUT2D eigenvalue weighted by Crippen LogP contribution is -2.49. The van der Waals surface area contributed by atoms with Crippen LogP contribution in [0.25, 0.3) is 0 Å². The zero-order chi connectivity index (χ0) is 13.8. The van der Waals surface area contributed by atoms with E-state index in [1.165, 1.54) is 58.0 Å². The Morgan fingerprint density at radius 3 is 2.05 bits per heavy atom. The third-order valence-electron chi connectivity index (χ3n) is 5.85. The molecule has 19 heavy (non-hydrogen) atoms. The molecule has 0 spiro atoms. The minimum atomic E-state index is 0.779. The fourth-order valence-corrected chi connectivity index (χ4v) is 3.94. The average molecular weight is 266 g/mol. The maximum Gasteiger partial charge on any atom is 0.0119 e. The minimum absolute atomic E-state index is 0.779. The summed E-state index contributed by atoms with van der Waals surface area (Å²) in [5.41, 5.74) is 0. The lowest BCUT2D eigenvalue weighted by molar-refractivity contribution is 0.0605. The Morgan fingerprint density at radius 1 is 1.00 bits per heavy atom. The summed E-state index contributed by atoms with van der Waals surface area (Å²) in [5.74, 6) is 0.969. The van der Waals surface area contributed by atoms with Gasteiger partial charge in [0.2, 0.25) is 0 Å². The zero-order valence-corrected chi connectivity index (χ0v) is 13.6. The quantitative estimate of drug-likeness (QED) is 0.764. The first kappa shape index (κ1) is 15.3. The fraction of sp³-hybridized carbons (Fsp3) is 1.00. The highest BCUT2D eigenvalue weighted by Crippen LogP contribution is 2.29. The minimum Gasteiger partial charge on any atom is -0.301 e. The highest BCUT2D eigenvalue weighted by molar-refractivity contribution is 4.85. The van der Waals surface area contributed by atoms with Crippen LogP contribution < -0.4 is 0 Å². The number of piperidine rings is 1. The second-order valence-corrected chi connectivity index (χ2v) is 7.10. The third kappa shape index (κ3) is 3.95. The van der Waals surface area contributed by atoms with Gasteiger partial charge in [-0.25, -0.2) is 0 Å². The van der Waals surface area contributed by atoms with Crippen molar-refractivity contribution in [3.63, 3.8) is 0 Å². The molecule has 1 atom stereocenters. The van der Waals surface area contributed by atoms with E-state index >= 15 is 0 Å². The first-order valence-electron chi connectivity index (χ1n) is 8.57. The molecule has 2 heteroatoms. The molecular weight excluding hydrogens is 232 g/mol. The molecule has 1 unspecified atom stereocenters. The van der Waals surface area contributed by atoms with Crippen molar-refractivity contribution in [3.8, 4) is 0 Å². The smallest absolute Gasteiger partial charge is 0.0119 e. The van der Waals surface area contributed by atoms with Crippen LogP contribution in [-0.4, -0.2) is 48.1 Å². The van der Waals surface area contributed by atoms with Crippen LogP contribution >= 0.6 is 0 Å². The van der Waals surface area contributed by atoms with Crippen molar-refractivity contribution in [3.05, 3.63) is 0 Å². The van der Waals surface area contributed by atoms with E-state index in [0.29, 0.717) is 0 Å². The normalized spacial score (nSPS) is 32.7. The Labute approximate surface area is 120 Å². The summed E-state index contributed by atoms with van der Waals surface area (Å²) in [6.45, 7) is 9.74. The van der Waals surface area contributed by atoms with Gasteiger partial charge in [-0.3, -0.25) is 0 Å². The van der Waals surface area contributed by atoms with Gasteiger partial charge in [-0.05, 0) is 77.9 Å². The van der Waals surface area contributed by atoms with Crippen LogP contribution in [-0.2, 0) is 0 Å². The second-order valence-electron chi connectivity index (χ2n) is 7.10. The van der Waals surface area contributed by atoms with Crippen LogP contribution in [0.2, 0.25) is 0 Å². The highest BCUT2D eigenvalue weighted by Gasteiger charge is 2.29. The topological polar surface area (TPSA) is 6.48 Å². The highest BCUT2D eigenvalue weighted by atomic mass is 15.2. The first-order valence-corrected chi connectivity index (χ1v) is 8.57. The number of rotatable bonds is 4. The molecule has 0 N–H and O–H groups in total. The lowest BCUT2D eigenvalue weighted by Gasteiger charge is -2.43. The Morgan fingerprint density at radius 2 is 1.53 bits per heavy atom. The molecule has 1 aliphatic heterocycles. The molecule has 0 aromatic heterocycles. The number of hydrogen-bond acceptors (Lipinski definition) is 2. The molecule has 0 amide bonds. The van der Waals surface area contributed by atoms with Gasteiger partial charge in [0, 0.05) is 18.1 Å². The molecule has 1 heterocycles. The third-order valence-corrected chi connectivity index (χ3v) is 5.85. The summed E-state index contributed by atoms with van der Waals surface area (Å²) < 4.78 is 0. The fourth-order valence-electron chi connectivity index (χ4n) is 3.94. The van der Waals surface area contributed by atoms with Gasteiger partial charge in [0.25, 0.3) is 0 Å². The van der Waals surface area contributed by atoms with Crippen LogP contribution in [0, 0.1) is 5.92 Å². The van der Waals surface area contributed by atoms with Gasteiger partial charge in [0.05, 0.1) is 0 Å². The van der Waals surface area contributed by atoms with Gasteiger partial charge < -0.3 is 9.80 Å². The van der Waals surface area contributed by atoms with Crippen LogP contribution in [0.1, 0.15) is 65.7 Å². The Balaban J connectivity index is 1.77. The second kappa shape index (κ2) is 7.08. The van der Waals surface area contributed by atoms with Gasteiger partial charge in [-0.1, -0.05) is 13.8 Å². The van der Waals surface area contributed by atoms with E-state index in [4.69, 9.17) is 0 Å². The molecule has 0 aromatic rings. The standard InChI is InChI=1S/C17H34N2/c1-5-15(3)19-12-10-17(11-13-19)18(4)16-8-6-14(2)7-9-16/h14-17H,5-13H2,1-4H3. The molecule has 1 saturated heterocycles. The van der Waals surface area contributed by atoms with Crippen LogP contribution in [0.4, 0.5) is 0 Å². The van der Waals surface area contributed by atoms with E-state index in [-0.39, 0.29) is 0 Å². The number of nitrogens with zero attached hydrogens (tertiary/aromatic N) is 2. The van der Waals surface area contributed by atoms with Gasteiger partial charge in [0.15, 0.2) is 0 Å². The number of likely N-dealkylation sites (tertiary alicyclic amines) is 1. The van der Waals surface area contributed by atoms with Crippen molar-refractivity contribution < 1.29 is 0 Å². The zero-order valence-electron chi connectivity index (χ0n) is 13.6. The summed E-state index contributed by atoms with van der Waals surface area (Å²) in [4.78, 5) is 5.42. The Bertz CT molecular complexity index is 250. The molecular formula is C17H34N2. The summed E-state index contributed by atoms with van der Waals surface area (Å²) in [5, 5.41) is 0. The Kier molecular flexibility index (Phi) is 5.70. The van der Waals surface area contributed by atoms with Crippen LogP contribution in [0.3, 0.4) is 0 Å². The summed E-state index contributed by atoms with van der Waals surface area (Å²) in [6, 6.07) is 2.50. The molecule has 2 rings (SSSR count). The molecule has 0 bridgehead atoms. The number of hydrogen-bond donors (Lipinski definition) is 0. The summed E-state index contributed by atoms with van der Waals surface area (Å²) in [6.07, 6.45) is 9.81. The van der Waals surface area contributed by atoms with Crippen molar-refractivity contribution in [1.82, 2.24) is 9.80 Å². The predicted octanol–water partition coefficient (Wildman–Crippen LogP) is 3.76.